The van der Waals surface area contributed by atoms with Gasteiger partial charge >= 0.3 is 0 Å². The van der Waals surface area contributed by atoms with Gasteiger partial charge in [-0.25, -0.2) is 13.8 Å². The number of aliphatic hydroxyl groups is 1. The molecule has 0 unspecified atom stereocenters. The predicted octanol–water partition coefficient (Wildman–Crippen LogP) is 5.19. The molecule has 234 valence electrons. The summed E-state index contributed by atoms with van der Waals surface area (Å²) in [5.74, 6) is -2.32. The minimum atomic E-state index is -2.63. The number of fused-ring (bicyclic) bond motifs is 1. The van der Waals surface area contributed by atoms with Crippen molar-refractivity contribution in [2.75, 3.05) is 53.7 Å². The van der Waals surface area contributed by atoms with Crippen molar-refractivity contribution >= 4 is 34.5 Å². The lowest BCUT2D eigenvalue weighted by atomic mass is 9.94. The summed E-state index contributed by atoms with van der Waals surface area (Å²) in [6.45, 7) is 0.673. The summed E-state index contributed by atoms with van der Waals surface area (Å²) in [5.41, 5.74) is 6.01. The second-order valence-electron chi connectivity index (χ2n) is 11.8. The zero-order valence-corrected chi connectivity index (χ0v) is 25.6. The smallest absolute Gasteiger partial charge is 0.274 e. The van der Waals surface area contributed by atoms with E-state index in [0.717, 1.165) is 16.9 Å². The maximum absolute atomic E-state index is 13.7. The van der Waals surface area contributed by atoms with Gasteiger partial charge in [0.15, 0.2) is 0 Å². The van der Waals surface area contributed by atoms with Crippen LogP contribution in [0.4, 0.5) is 37.3 Å². The van der Waals surface area contributed by atoms with Crippen molar-refractivity contribution in [3.63, 3.8) is 0 Å². The number of nitrogens with one attached hydrogen (secondary N) is 1. The van der Waals surface area contributed by atoms with Crippen molar-refractivity contribution in [2.24, 2.45) is 7.05 Å². The van der Waals surface area contributed by atoms with Gasteiger partial charge in [-0.1, -0.05) is 12.1 Å². The Morgan fingerprint density at radius 1 is 1.00 bits per heavy atom. The molecule has 6 rings (SSSR count). The number of aromatic nitrogens is 2. The van der Waals surface area contributed by atoms with Crippen LogP contribution in [0.2, 0.25) is 0 Å². The zero-order chi connectivity index (χ0) is 31.9. The first-order valence-electron chi connectivity index (χ1n) is 15.0. The van der Waals surface area contributed by atoms with Gasteiger partial charge in [0.05, 0.1) is 24.2 Å². The number of carbonyl (C=O) groups excluding carboxylic acids is 1. The molecular formula is C34H36F2N6O3. The molecule has 2 aromatic carbocycles. The highest BCUT2D eigenvalue weighted by Gasteiger charge is 2.34. The summed E-state index contributed by atoms with van der Waals surface area (Å²) in [6, 6.07) is 16.6. The average molecular weight is 615 g/mol. The normalized spacial score (nSPS) is 16.0. The molecule has 4 aromatic rings. The maximum Gasteiger partial charge on any atom is 0.274 e. The summed E-state index contributed by atoms with van der Waals surface area (Å²) in [4.78, 5) is 36.8. The van der Waals surface area contributed by atoms with E-state index in [1.54, 1.807) is 42.5 Å². The van der Waals surface area contributed by atoms with E-state index in [1.165, 1.54) is 4.57 Å². The number of aryl methyl sites for hydroxylation is 1. The first kappa shape index (κ1) is 30.3. The van der Waals surface area contributed by atoms with Crippen LogP contribution in [0.25, 0.3) is 11.1 Å². The van der Waals surface area contributed by atoms with Gasteiger partial charge in [-0.3, -0.25) is 9.59 Å². The quantitative estimate of drug-likeness (QED) is 0.296. The van der Waals surface area contributed by atoms with Crippen LogP contribution in [0, 0.1) is 0 Å². The third-order valence-electron chi connectivity index (χ3n) is 8.65. The molecule has 0 radical (unpaired) electrons. The molecule has 4 heterocycles. The van der Waals surface area contributed by atoms with Crippen molar-refractivity contribution in [1.82, 2.24) is 9.55 Å². The first-order chi connectivity index (χ1) is 21.5. The number of anilines is 5. The molecule has 45 heavy (non-hydrogen) atoms. The van der Waals surface area contributed by atoms with E-state index in [9.17, 15) is 23.5 Å². The molecule has 9 nitrogen and oxygen atoms in total. The summed E-state index contributed by atoms with van der Waals surface area (Å²) in [7, 11) is 5.58. The van der Waals surface area contributed by atoms with Gasteiger partial charge in [0, 0.05) is 82.2 Å². The Morgan fingerprint density at radius 2 is 1.78 bits per heavy atom. The van der Waals surface area contributed by atoms with E-state index in [1.807, 2.05) is 60.3 Å². The molecule has 2 aliphatic rings. The lowest BCUT2D eigenvalue weighted by molar-refractivity contribution is -0.0220. The van der Waals surface area contributed by atoms with Crippen LogP contribution in [0.3, 0.4) is 0 Å². The van der Waals surface area contributed by atoms with E-state index in [0.29, 0.717) is 46.7 Å². The highest BCUT2D eigenvalue weighted by atomic mass is 19.3. The van der Waals surface area contributed by atoms with Gasteiger partial charge < -0.3 is 29.7 Å². The van der Waals surface area contributed by atoms with E-state index >= 15 is 0 Å². The van der Waals surface area contributed by atoms with Crippen LogP contribution < -0.4 is 25.6 Å². The molecule has 0 atom stereocenters. The number of pyridine rings is 2. The summed E-state index contributed by atoms with van der Waals surface area (Å²) in [6.07, 6.45) is 3.61. The molecule has 1 amide bonds. The van der Waals surface area contributed by atoms with Gasteiger partial charge in [0.1, 0.15) is 11.5 Å². The molecular weight excluding hydrogens is 578 g/mol. The van der Waals surface area contributed by atoms with E-state index < -0.39 is 5.92 Å². The topological polar surface area (TPSA) is 93.9 Å². The molecule has 2 N–H and O–H groups in total. The SMILES string of the molecule is CN(C)c1ccc2c(c1)CCN(c1cccc(-c3cc(Nc4ccc(N5CCC(F)(F)CC5)cn4)c(=O)n(C)c3)c1CO)C2=O. The standard InChI is InChI=1S/C34H36F2N6O3/c1-39(2)24-7-9-27-22(17-24)11-14-42(32(27)44)30-6-4-5-26(28(30)21-43)23-18-29(33(45)40(3)20-23)38-31-10-8-25(19-37-31)41-15-12-34(35,36)13-16-41/h4-10,17-20,43H,11-16,21H2,1-3H3,(H,37,38). The zero-order valence-electron chi connectivity index (χ0n) is 25.6. The Morgan fingerprint density at radius 3 is 2.47 bits per heavy atom. The van der Waals surface area contributed by atoms with Crippen LogP contribution in [-0.4, -0.2) is 60.2 Å². The highest BCUT2D eigenvalue weighted by Crippen LogP contribution is 2.36. The number of aliphatic hydroxyl groups excluding tert-OH is 1. The average Bonchev–Trinajstić information content (AvgIpc) is 3.03. The van der Waals surface area contributed by atoms with Crippen LogP contribution in [0.5, 0.6) is 0 Å². The van der Waals surface area contributed by atoms with Crippen LogP contribution in [0.15, 0.2) is 71.8 Å². The molecule has 0 bridgehead atoms. The molecule has 0 saturated carbocycles. The van der Waals surface area contributed by atoms with Gasteiger partial charge in [-0.05, 0) is 60.0 Å². The lowest BCUT2D eigenvalue weighted by Crippen LogP contribution is -2.39. The van der Waals surface area contributed by atoms with Gasteiger partial charge in [-0.15, -0.1) is 0 Å². The Bertz CT molecular complexity index is 1800. The third kappa shape index (κ3) is 6.00. The van der Waals surface area contributed by atoms with E-state index in [-0.39, 0.29) is 49.7 Å². The van der Waals surface area contributed by atoms with Crippen LogP contribution in [-0.2, 0) is 20.1 Å². The Balaban J connectivity index is 1.28. The fourth-order valence-electron chi connectivity index (χ4n) is 6.07. The monoisotopic (exact) mass is 614 g/mol. The third-order valence-corrected chi connectivity index (χ3v) is 8.65. The number of halogens is 2. The van der Waals surface area contributed by atoms with Crippen LogP contribution >= 0.6 is 0 Å². The number of nitrogens with zero attached hydrogens (tertiary/aromatic N) is 5. The minimum Gasteiger partial charge on any atom is -0.392 e. The molecule has 0 spiro atoms. The van der Waals surface area contributed by atoms with Crippen molar-refractivity contribution in [1.29, 1.82) is 0 Å². The van der Waals surface area contributed by atoms with Gasteiger partial charge in [-0.2, -0.15) is 0 Å². The molecule has 11 heteroatoms. The molecule has 1 saturated heterocycles. The lowest BCUT2D eigenvalue weighted by Gasteiger charge is -2.33. The largest absolute Gasteiger partial charge is 0.392 e. The Hall–Kier alpha value is -4.77. The van der Waals surface area contributed by atoms with E-state index in [4.69, 9.17) is 0 Å². The highest BCUT2D eigenvalue weighted by molar-refractivity contribution is 6.09. The van der Waals surface area contributed by atoms with Gasteiger partial charge in [0.25, 0.3) is 17.4 Å². The molecule has 2 aromatic heterocycles. The van der Waals surface area contributed by atoms with Crippen molar-refractivity contribution < 1.29 is 18.7 Å². The molecule has 1 fully saturated rings. The number of benzene rings is 2. The fraction of sp³-hybridized carbons (Fsp3) is 0.324. The van der Waals surface area contributed by atoms with Crippen LogP contribution in [0.1, 0.15) is 34.3 Å². The number of hydrogen-bond donors (Lipinski definition) is 2. The van der Waals surface area contributed by atoms with Gasteiger partial charge in [0.2, 0.25) is 0 Å². The Kier molecular flexibility index (Phi) is 8.05. The number of amides is 1. The first-order valence-corrected chi connectivity index (χ1v) is 15.0. The molecule has 0 aliphatic carbocycles. The number of hydrogen-bond acceptors (Lipinski definition) is 7. The summed E-state index contributed by atoms with van der Waals surface area (Å²) < 4.78 is 28.6. The predicted molar refractivity (Wildman–Crippen MR) is 173 cm³/mol. The summed E-state index contributed by atoms with van der Waals surface area (Å²) >= 11 is 0. The maximum atomic E-state index is 13.7. The number of carbonyl (C=O) groups is 1. The van der Waals surface area contributed by atoms with Crippen molar-refractivity contribution in [2.45, 2.75) is 31.8 Å². The van der Waals surface area contributed by atoms with Crippen molar-refractivity contribution in [3.05, 3.63) is 94.0 Å². The second kappa shape index (κ2) is 12.0. The summed E-state index contributed by atoms with van der Waals surface area (Å²) in [5, 5.41) is 13.7. The fourth-order valence-corrected chi connectivity index (χ4v) is 6.07. The second-order valence-corrected chi connectivity index (χ2v) is 11.8. The number of alkyl halides is 2. The van der Waals surface area contributed by atoms with E-state index in [2.05, 4.69) is 10.3 Å². The minimum absolute atomic E-state index is 0.121. The van der Waals surface area contributed by atoms with Crippen molar-refractivity contribution in [3.8, 4) is 11.1 Å². The number of piperidine rings is 1. The number of rotatable bonds is 7. The Labute approximate surface area is 260 Å². The molecule has 2 aliphatic heterocycles.